The van der Waals surface area contributed by atoms with Gasteiger partial charge in [0.05, 0.1) is 17.4 Å². The molecule has 0 atom stereocenters. The highest BCUT2D eigenvalue weighted by Crippen LogP contribution is 2.30. The number of nitrogens with zero attached hydrogens (tertiary/aromatic N) is 5. The van der Waals surface area contributed by atoms with Crippen molar-refractivity contribution in [3.05, 3.63) is 15.8 Å². The molecular formula is C10H15N5O2. The average molecular weight is 237 g/mol. The molecule has 7 heteroatoms. The summed E-state index contributed by atoms with van der Waals surface area (Å²) in [5.74, 6) is 0.463. The number of anilines is 1. The van der Waals surface area contributed by atoms with Crippen molar-refractivity contribution in [3.8, 4) is 6.07 Å². The van der Waals surface area contributed by atoms with Crippen molar-refractivity contribution in [1.82, 2.24) is 9.78 Å². The first kappa shape index (κ1) is 13.0. The van der Waals surface area contributed by atoms with Gasteiger partial charge in [-0.2, -0.15) is 10.4 Å². The molecule has 17 heavy (non-hydrogen) atoms. The number of nitro groups is 1. The number of hydrogen-bond donors (Lipinski definition) is 0. The van der Waals surface area contributed by atoms with Crippen LogP contribution in [0.4, 0.5) is 11.5 Å². The molecule has 1 aromatic rings. The summed E-state index contributed by atoms with van der Waals surface area (Å²) in [4.78, 5) is 12.3. The number of nitriles is 1. The maximum atomic E-state index is 11.0. The predicted octanol–water partition coefficient (Wildman–Crippen LogP) is 1.47. The van der Waals surface area contributed by atoms with Gasteiger partial charge in [-0.25, -0.2) is 4.68 Å². The standard InChI is InChI=1S/C10H15N5O2/c1-4-14-10(13(3)7-5-6-11)9(15(16)17)8(2)12-14/h4-5,7H2,1-3H3. The highest BCUT2D eigenvalue weighted by Gasteiger charge is 2.27. The van der Waals surface area contributed by atoms with E-state index in [1.54, 1.807) is 23.6 Å². The Balaban J connectivity index is 3.19. The lowest BCUT2D eigenvalue weighted by molar-refractivity contribution is -0.384. The second kappa shape index (κ2) is 5.30. The zero-order valence-electron chi connectivity index (χ0n) is 10.2. The zero-order chi connectivity index (χ0) is 13.0. The molecule has 0 saturated carbocycles. The second-order valence-corrected chi connectivity index (χ2v) is 3.66. The monoisotopic (exact) mass is 237 g/mol. The summed E-state index contributed by atoms with van der Waals surface area (Å²) in [6.07, 6.45) is 0.321. The third kappa shape index (κ3) is 2.53. The third-order valence-electron chi connectivity index (χ3n) is 2.47. The minimum Gasteiger partial charge on any atom is -0.353 e. The normalized spacial score (nSPS) is 10.0. The topological polar surface area (TPSA) is 88.0 Å². The fraction of sp³-hybridized carbons (Fsp3) is 0.600. The molecule has 0 aliphatic rings. The van der Waals surface area contributed by atoms with E-state index in [1.165, 1.54) is 0 Å². The molecule has 7 nitrogen and oxygen atoms in total. The van der Waals surface area contributed by atoms with Crippen LogP contribution in [0.5, 0.6) is 0 Å². The Morgan fingerprint density at radius 1 is 1.65 bits per heavy atom. The van der Waals surface area contributed by atoms with Crippen LogP contribution >= 0.6 is 0 Å². The van der Waals surface area contributed by atoms with E-state index in [-0.39, 0.29) is 5.69 Å². The summed E-state index contributed by atoms with van der Waals surface area (Å²) < 4.78 is 1.59. The largest absolute Gasteiger partial charge is 0.353 e. The van der Waals surface area contributed by atoms with Crippen LogP contribution in [0, 0.1) is 28.4 Å². The van der Waals surface area contributed by atoms with E-state index in [1.807, 2.05) is 13.0 Å². The van der Waals surface area contributed by atoms with Gasteiger partial charge < -0.3 is 4.90 Å². The summed E-state index contributed by atoms with van der Waals surface area (Å²) in [7, 11) is 1.73. The molecule has 0 spiro atoms. The third-order valence-corrected chi connectivity index (χ3v) is 2.47. The van der Waals surface area contributed by atoms with Gasteiger partial charge in [0, 0.05) is 20.1 Å². The van der Waals surface area contributed by atoms with E-state index in [2.05, 4.69) is 5.10 Å². The van der Waals surface area contributed by atoms with Gasteiger partial charge in [0.1, 0.15) is 5.69 Å². The maximum absolute atomic E-state index is 11.0. The van der Waals surface area contributed by atoms with Gasteiger partial charge in [-0.05, 0) is 13.8 Å². The minimum atomic E-state index is -0.424. The van der Waals surface area contributed by atoms with Crippen LogP contribution in [0.1, 0.15) is 19.0 Å². The molecule has 1 rings (SSSR count). The zero-order valence-corrected chi connectivity index (χ0v) is 10.2. The summed E-state index contributed by atoms with van der Waals surface area (Å²) >= 11 is 0. The SMILES string of the molecule is CCn1nc(C)c([N+](=O)[O-])c1N(C)CCC#N. The van der Waals surface area contributed by atoms with E-state index in [0.29, 0.717) is 31.0 Å². The molecule has 1 aromatic heterocycles. The van der Waals surface area contributed by atoms with Crippen LogP contribution in [-0.4, -0.2) is 28.3 Å². The molecule has 0 fully saturated rings. The Morgan fingerprint density at radius 3 is 2.76 bits per heavy atom. The molecule has 0 saturated heterocycles. The van der Waals surface area contributed by atoms with Gasteiger partial charge in [0.2, 0.25) is 5.82 Å². The van der Waals surface area contributed by atoms with E-state index in [9.17, 15) is 10.1 Å². The van der Waals surface area contributed by atoms with Crippen molar-refractivity contribution >= 4 is 11.5 Å². The fourth-order valence-electron chi connectivity index (χ4n) is 1.70. The number of hydrogen-bond acceptors (Lipinski definition) is 5. The Labute approximate surface area is 99.4 Å². The molecule has 1 heterocycles. The van der Waals surface area contributed by atoms with Crippen LogP contribution < -0.4 is 4.90 Å². The van der Waals surface area contributed by atoms with Crippen LogP contribution in [0.25, 0.3) is 0 Å². The van der Waals surface area contributed by atoms with E-state index < -0.39 is 4.92 Å². The first-order valence-electron chi connectivity index (χ1n) is 5.32. The van der Waals surface area contributed by atoms with Gasteiger partial charge in [0.25, 0.3) is 0 Å². The predicted molar refractivity (Wildman–Crippen MR) is 62.8 cm³/mol. The molecule has 0 bridgehead atoms. The lowest BCUT2D eigenvalue weighted by atomic mass is 10.3. The van der Waals surface area contributed by atoms with Crippen molar-refractivity contribution in [1.29, 1.82) is 5.26 Å². The van der Waals surface area contributed by atoms with Crippen molar-refractivity contribution in [2.24, 2.45) is 0 Å². The first-order chi connectivity index (χ1) is 8.02. The van der Waals surface area contributed by atoms with Crippen molar-refractivity contribution < 1.29 is 4.92 Å². The highest BCUT2D eigenvalue weighted by molar-refractivity contribution is 5.61. The van der Waals surface area contributed by atoms with Gasteiger partial charge in [-0.3, -0.25) is 10.1 Å². The smallest absolute Gasteiger partial charge is 0.333 e. The second-order valence-electron chi connectivity index (χ2n) is 3.66. The van der Waals surface area contributed by atoms with Crippen molar-refractivity contribution in [2.45, 2.75) is 26.8 Å². The van der Waals surface area contributed by atoms with Gasteiger partial charge in [-0.15, -0.1) is 0 Å². The lowest BCUT2D eigenvalue weighted by Crippen LogP contribution is -2.22. The van der Waals surface area contributed by atoms with Crippen LogP contribution in [0.15, 0.2) is 0 Å². The highest BCUT2D eigenvalue weighted by atomic mass is 16.6. The Morgan fingerprint density at radius 2 is 2.29 bits per heavy atom. The Hall–Kier alpha value is -2.10. The summed E-state index contributed by atoms with van der Waals surface area (Å²) in [6.45, 7) is 4.49. The van der Waals surface area contributed by atoms with Crippen molar-refractivity contribution in [2.75, 3.05) is 18.5 Å². The number of rotatable bonds is 5. The van der Waals surface area contributed by atoms with E-state index >= 15 is 0 Å². The molecule has 0 radical (unpaired) electrons. The lowest BCUT2D eigenvalue weighted by Gasteiger charge is -2.17. The average Bonchev–Trinajstić information content (AvgIpc) is 2.62. The summed E-state index contributed by atoms with van der Waals surface area (Å²) in [5, 5.41) is 23.7. The number of aryl methyl sites for hydroxylation is 2. The van der Waals surface area contributed by atoms with Crippen LogP contribution in [0.2, 0.25) is 0 Å². The Kier molecular flexibility index (Phi) is 4.04. The summed E-state index contributed by atoms with van der Waals surface area (Å²) in [6, 6.07) is 2.02. The molecule has 0 N–H and O–H groups in total. The molecule has 0 aliphatic heterocycles. The van der Waals surface area contributed by atoms with E-state index in [4.69, 9.17) is 5.26 Å². The molecular weight excluding hydrogens is 222 g/mol. The molecule has 0 aromatic carbocycles. The maximum Gasteiger partial charge on any atom is 0.333 e. The van der Waals surface area contributed by atoms with Crippen LogP contribution in [-0.2, 0) is 6.54 Å². The minimum absolute atomic E-state index is 0.0206. The van der Waals surface area contributed by atoms with Crippen molar-refractivity contribution in [3.63, 3.8) is 0 Å². The molecule has 0 aliphatic carbocycles. The molecule has 0 amide bonds. The summed E-state index contributed by atoms with van der Waals surface area (Å²) in [5.41, 5.74) is 0.419. The van der Waals surface area contributed by atoms with Crippen LogP contribution in [0.3, 0.4) is 0 Å². The van der Waals surface area contributed by atoms with Gasteiger partial charge in [-0.1, -0.05) is 0 Å². The Bertz CT molecular complexity index is 460. The quantitative estimate of drug-likeness (QED) is 0.571. The van der Waals surface area contributed by atoms with Gasteiger partial charge in [0.15, 0.2) is 0 Å². The van der Waals surface area contributed by atoms with Gasteiger partial charge >= 0.3 is 5.69 Å². The van der Waals surface area contributed by atoms with E-state index in [0.717, 1.165) is 0 Å². The fourth-order valence-corrected chi connectivity index (χ4v) is 1.70. The number of aromatic nitrogens is 2. The molecule has 92 valence electrons. The first-order valence-corrected chi connectivity index (χ1v) is 5.32. The molecule has 0 unspecified atom stereocenters.